The molecule has 1 saturated carbocycles. The maximum atomic E-state index is 6.25. The Kier molecular flexibility index (Phi) is 8.98. The first-order valence-electron chi connectivity index (χ1n) is 14.3. The third-order valence-corrected chi connectivity index (χ3v) is 8.90. The highest BCUT2D eigenvalue weighted by atomic mass is 16.5. The Morgan fingerprint density at radius 2 is 1.74 bits per heavy atom. The Hall–Kier alpha value is -1.10. The van der Waals surface area contributed by atoms with Crippen molar-refractivity contribution in [2.24, 2.45) is 17.1 Å². The number of benzene rings is 1. The van der Waals surface area contributed by atoms with E-state index in [1.165, 1.54) is 69.4 Å². The number of hydrogen-bond acceptors (Lipinski definition) is 4. The molecule has 0 radical (unpaired) electrons. The minimum atomic E-state index is 0.279. The Labute approximate surface area is 209 Å². The van der Waals surface area contributed by atoms with E-state index in [-0.39, 0.29) is 6.10 Å². The van der Waals surface area contributed by atoms with Crippen LogP contribution in [0.5, 0.6) is 0 Å². The van der Waals surface area contributed by atoms with Gasteiger partial charge in [0.25, 0.3) is 0 Å². The highest BCUT2D eigenvalue weighted by molar-refractivity contribution is 5.57. The van der Waals surface area contributed by atoms with Crippen LogP contribution in [-0.4, -0.2) is 56.4 Å². The van der Waals surface area contributed by atoms with Crippen molar-refractivity contribution in [1.29, 1.82) is 0 Å². The van der Waals surface area contributed by atoms with Crippen molar-refractivity contribution < 1.29 is 4.74 Å². The zero-order valence-corrected chi connectivity index (χ0v) is 22.5. The van der Waals surface area contributed by atoms with Gasteiger partial charge < -0.3 is 15.4 Å². The summed E-state index contributed by atoms with van der Waals surface area (Å²) in [5, 5.41) is 0. The van der Waals surface area contributed by atoms with Crippen LogP contribution in [0.1, 0.15) is 96.1 Å². The molecule has 2 unspecified atom stereocenters. The van der Waals surface area contributed by atoms with Crippen LogP contribution in [-0.2, 0) is 11.2 Å². The highest BCUT2D eigenvalue weighted by Gasteiger charge is 2.32. The van der Waals surface area contributed by atoms with Crippen LogP contribution in [0.15, 0.2) is 18.2 Å². The molecule has 4 rings (SSSR count). The largest absolute Gasteiger partial charge is 0.378 e. The van der Waals surface area contributed by atoms with Crippen molar-refractivity contribution in [1.82, 2.24) is 4.90 Å². The van der Waals surface area contributed by atoms with E-state index in [4.69, 9.17) is 10.5 Å². The van der Waals surface area contributed by atoms with Gasteiger partial charge in [0, 0.05) is 44.5 Å². The summed E-state index contributed by atoms with van der Waals surface area (Å²) in [4.78, 5) is 5.34. The van der Waals surface area contributed by atoms with Crippen molar-refractivity contribution >= 4 is 5.69 Å². The van der Waals surface area contributed by atoms with Gasteiger partial charge in [0.2, 0.25) is 0 Å². The van der Waals surface area contributed by atoms with Gasteiger partial charge in [-0.05, 0) is 92.4 Å². The first-order valence-corrected chi connectivity index (χ1v) is 14.3. The highest BCUT2D eigenvalue weighted by Crippen LogP contribution is 2.45. The van der Waals surface area contributed by atoms with E-state index in [0.29, 0.717) is 17.4 Å². The normalized spacial score (nSPS) is 29.4. The second-order valence-corrected chi connectivity index (χ2v) is 12.5. The number of nitrogens with zero attached hydrogens (tertiary/aromatic N) is 2. The molecule has 4 heteroatoms. The van der Waals surface area contributed by atoms with Crippen molar-refractivity contribution in [3.8, 4) is 0 Å². The second kappa shape index (κ2) is 11.8. The molecule has 34 heavy (non-hydrogen) atoms. The fourth-order valence-corrected chi connectivity index (χ4v) is 6.53. The van der Waals surface area contributed by atoms with Crippen LogP contribution in [0, 0.1) is 11.3 Å². The number of hydrogen-bond donors (Lipinski definition) is 1. The van der Waals surface area contributed by atoms with E-state index < -0.39 is 0 Å². The van der Waals surface area contributed by atoms with Crippen molar-refractivity contribution in [3.05, 3.63) is 29.3 Å². The maximum absolute atomic E-state index is 6.25. The molecule has 1 aromatic carbocycles. The fraction of sp³-hybridized carbons (Fsp3) is 0.800. The first kappa shape index (κ1) is 26.0. The monoisotopic (exact) mass is 469 g/mol. The zero-order valence-electron chi connectivity index (χ0n) is 22.5. The molecule has 0 bridgehead atoms. The van der Waals surface area contributed by atoms with Gasteiger partial charge in [0.1, 0.15) is 0 Å². The minimum Gasteiger partial charge on any atom is -0.378 e. The molecule has 4 nitrogen and oxygen atoms in total. The van der Waals surface area contributed by atoms with Crippen molar-refractivity contribution in [2.75, 3.05) is 44.2 Å². The quantitative estimate of drug-likeness (QED) is 0.533. The van der Waals surface area contributed by atoms with E-state index in [1.807, 2.05) is 0 Å². The van der Waals surface area contributed by atoms with Gasteiger partial charge in [-0.15, -0.1) is 0 Å². The fourth-order valence-electron chi connectivity index (χ4n) is 6.53. The van der Waals surface area contributed by atoms with Gasteiger partial charge in [-0.3, -0.25) is 4.90 Å². The molecular formula is C30H51N3O. The van der Waals surface area contributed by atoms with Crippen LogP contribution < -0.4 is 10.6 Å². The van der Waals surface area contributed by atoms with Gasteiger partial charge in [-0.2, -0.15) is 0 Å². The predicted molar refractivity (Wildman–Crippen MR) is 145 cm³/mol. The van der Waals surface area contributed by atoms with Crippen LogP contribution >= 0.6 is 0 Å². The molecule has 1 aromatic rings. The summed E-state index contributed by atoms with van der Waals surface area (Å²) in [6.07, 6.45) is 11.3. The Balaban J connectivity index is 1.49. The number of unbranched alkanes of at least 4 members (excludes halogenated alkanes) is 1. The van der Waals surface area contributed by atoms with Crippen molar-refractivity contribution in [3.63, 3.8) is 0 Å². The summed E-state index contributed by atoms with van der Waals surface area (Å²) >= 11 is 0. The van der Waals surface area contributed by atoms with Crippen LogP contribution in [0.2, 0.25) is 0 Å². The first-order chi connectivity index (χ1) is 16.3. The number of rotatable bonds is 7. The molecule has 3 aliphatic rings. The Morgan fingerprint density at radius 3 is 2.38 bits per heavy atom. The van der Waals surface area contributed by atoms with Crippen molar-refractivity contribution in [2.45, 2.75) is 104 Å². The third kappa shape index (κ3) is 6.77. The molecular weight excluding hydrogens is 418 g/mol. The average Bonchev–Trinajstić information content (AvgIpc) is 2.83. The van der Waals surface area contributed by atoms with E-state index in [1.54, 1.807) is 5.56 Å². The Morgan fingerprint density at radius 1 is 1.00 bits per heavy atom. The summed E-state index contributed by atoms with van der Waals surface area (Å²) in [6.45, 7) is 16.4. The van der Waals surface area contributed by atoms with Crippen LogP contribution in [0.3, 0.4) is 0 Å². The second-order valence-electron chi connectivity index (χ2n) is 12.5. The molecule has 2 heterocycles. The standard InChI is InChI=1S/C30H51N3O/c1-5-6-14-32-15-17-33(18-16-32)29-12-7-23(20-27-22-26(31)13-19-34-27)21-28(29)24-8-10-25(11-9-24)30(2,3)4/h7,12,21,24-27H,5-6,8-11,13-20,22,31H2,1-4H3. The summed E-state index contributed by atoms with van der Waals surface area (Å²) in [6, 6.07) is 7.69. The van der Waals surface area contributed by atoms with E-state index in [0.717, 1.165) is 44.9 Å². The van der Waals surface area contributed by atoms with Gasteiger partial charge in [0.05, 0.1) is 6.10 Å². The van der Waals surface area contributed by atoms with E-state index in [2.05, 4.69) is 55.7 Å². The molecule has 2 atom stereocenters. The minimum absolute atomic E-state index is 0.279. The molecule has 2 N–H and O–H groups in total. The topological polar surface area (TPSA) is 41.7 Å². The lowest BCUT2D eigenvalue weighted by molar-refractivity contribution is 0.00866. The molecule has 2 aliphatic heterocycles. The summed E-state index contributed by atoms with van der Waals surface area (Å²) in [7, 11) is 0. The average molecular weight is 470 g/mol. The predicted octanol–water partition coefficient (Wildman–Crippen LogP) is 5.98. The van der Waals surface area contributed by atoms with Gasteiger partial charge in [-0.25, -0.2) is 0 Å². The van der Waals surface area contributed by atoms with Gasteiger partial charge in [-0.1, -0.05) is 46.2 Å². The Bertz CT molecular complexity index is 757. The van der Waals surface area contributed by atoms with Crippen LogP contribution in [0.25, 0.3) is 0 Å². The molecule has 0 amide bonds. The smallest absolute Gasteiger partial charge is 0.0630 e. The molecule has 0 aromatic heterocycles. The number of anilines is 1. The summed E-state index contributed by atoms with van der Waals surface area (Å²) < 4.78 is 6.08. The summed E-state index contributed by atoms with van der Waals surface area (Å²) in [5.41, 5.74) is 11.3. The SMILES string of the molecule is CCCCN1CCN(c2ccc(CC3CC(N)CCO3)cc2C2CCC(C(C)(C)C)CC2)CC1. The zero-order chi connectivity index (χ0) is 24.1. The lowest BCUT2D eigenvalue weighted by Gasteiger charge is -2.40. The third-order valence-electron chi connectivity index (χ3n) is 8.90. The molecule has 192 valence electrons. The lowest BCUT2D eigenvalue weighted by Crippen LogP contribution is -2.47. The van der Waals surface area contributed by atoms with Gasteiger partial charge >= 0.3 is 0 Å². The molecule has 0 spiro atoms. The lowest BCUT2D eigenvalue weighted by atomic mass is 9.68. The molecule has 1 aliphatic carbocycles. The van der Waals surface area contributed by atoms with Crippen LogP contribution in [0.4, 0.5) is 5.69 Å². The summed E-state index contributed by atoms with van der Waals surface area (Å²) in [5.74, 6) is 1.55. The number of piperazine rings is 1. The molecule has 2 saturated heterocycles. The van der Waals surface area contributed by atoms with E-state index >= 15 is 0 Å². The van der Waals surface area contributed by atoms with E-state index in [9.17, 15) is 0 Å². The maximum Gasteiger partial charge on any atom is 0.0630 e. The number of ether oxygens (including phenoxy) is 1. The number of nitrogens with two attached hydrogens (primary N) is 1. The molecule has 3 fully saturated rings. The van der Waals surface area contributed by atoms with Gasteiger partial charge in [0.15, 0.2) is 0 Å².